The molecule has 1 atom stereocenters. The summed E-state index contributed by atoms with van der Waals surface area (Å²) in [7, 11) is -1.07. The number of sulfonamides is 1. The van der Waals surface area contributed by atoms with Gasteiger partial charge in [0.2, 0.25) is 0 Å². The summed E-state index contributed by atoms with van der Waals surface area (Å²) in [4.78, 5) is -0.0263. The molecule has 27 heavy (non-hydrogen) atoms. The maximum atomic E-state index is 13.0. The lowest BCUT2D eigenvalue weighted by molar-refractivity contribution is 0.254. The predicted molar refractivity (Wildman–Crippen MR) is 102 cm³/mol. The summed E-state index contributed by atoms with van der Waals surface area (Å²) in [5.41, 5.74) is 1.31. The molecule has 1 heterocycles. The molecule has 3 rings (SSSR count). The van der Waals surface area contributed by atoms with Crippen molar-refractivity contribution in [1.82, 2.24) is 0 Å². The van der Waals surface area contributed by atoms with E-state index in [1.165, 1.54) is 20.3 Å². The highest BCUT2D eigenvalue weighted by molar-refractivity contribution is 7.92. The minimum absolute atomic E-state index is 0.0263. The van der Waals surface area contributed by atoms with Gasteiger partial charge in [-0.2, -0.15) is 0 Å². The number of rotatable bonds is 7. The molecule has 0 aromatic heterocycles. The largest absolute Gasteiger partial charge is 0.497 e. The van der Waals surface area contributed by atoms with Gasteiger partial charge in [-0.3, -0.25) is 4.72 Å². The summed E-state index contributed by atoms with van der Waals surface area (Å²) >= 11 is 0. The molecule has 0 spiro atoms. The maximum absolute atomic E-state index is 13.0. The number of benzene rings is 2. The second kappa shape index (κ2) is 7.56. The van der Waals surface area contributed by atoms with Gasteiger partial charge in [0.05, 0.1) is 26.5 Å². The third-order valence-corrected chi connectivity index (χ3v) is 5.59. The van der Waals surface area contributed by atoms with Gasteiger partial charge >= 0.3 is 0 Å². The summed E-state index contributed by atoms with van der Waals surface area (Å²) in [5, 5.41) is 0. The van der Waals surface area contributed by atoms with E-state index in [0.717, 1.165) is 12.0 Å². The smallest absolute Gasteiger partial charge is 0.265 e. The molecule has 1 N–H and O–H groups in total. The van der Waals surface area contributed by atoms with Crippen molar-refractivity contribution in [2.75, 3.05) is 25.5 Å². The molecule has 1 aliphatic rings. The summed E-state index contributed by atoms with van der Waals surface area (Å²) < 4.78 is 50.4. The number of hydrogen-bond acceptors (Lipinski definition) is 6. The molecule has 2 aromatic rings. The van der Waals surface area contributed by atoms with Crippen molar-refractivity contribution in [3.05, 3.63) is 35.9 Å². The van der Waals surface area contributed by atoms with Gasteiger partial charge in [-0.1, -0.05) is 0 Å². The fourth-order valence-electron chi connectivity index (χ4n) is 2.99. The molecule has 146 valence electrons. The predicted octanol–water partition coefficient (Wildman–Crippen LogP) is 3.23. The van der Waals surface area contributed by atoms with E-state index in [1.54, 1.807) is 18.2 Å². The lowest BCUT2D eigenvalue weighted by Gasteiger charge is -2.16. The van der Waals surface area contributed by atoms with Gasteiger partial charge in [-0.05, 0) is 32.0 Å². The number of nitrogens with one attached hydrogen (secondary N) is 1. The van der Waals surface area contributed by atoms with Gasteiger partial charge in [-0.25, -0.2) is 8.42 Å². The first kappa shape index (κ1) is 19.2. The Morgan fingerprint density at radius 1 is 1.15 bits per heavy atom. The average molecular weight is 393 g/mol. The Balaban J connectivity index is 2.02. The molecule has 8 heteroatoms. The summed E-state index contributed by atoms with van der Waals surface area (Å²) in [5.74, 6) is 1.74. The van der Waals surface area contributed by atoms with Crippen molar-refractivity contribution in [3.8, 4) is 23.0 Å². The lowest BCUT2D eigenvalue weighted by Crippen LogP contribution is -2.15. The van der Waals surface area contributed by atoms with Crippen LogP contribution in [0.1, 0.15) is 19.4 Å². The highest BCUT2D eigenvalue weighted by Crippen LogP contribution is 2.39. The fourth-order valence-corrected chi connectivity index (χ4v) is 4.23. The number of hydrogen-bond donors (Lipinski definition) is 1. The van der Waals surface area contributed by atoms with E-state index in [0.29, 0.717) is 29.5 Å². The van der Waals surface area contributed by atoms with Crippen LogP contribution in [0.5, 0.6) is 23.0 Å². The average Bonchev–Trinajstić information content (AvgIpc) is 3.00. The molecular weight excluding hydrogens is 370 g/mol. The lowest BCUT2D eigenvalue weighted by atomic mass is 10.1. The van der Waals surface area contributed by atoms with E-state index in [-0.39, 0.29) is 16.7 Å². The molecule has 0 fully saturated rings. The summed E-state index contributed by atoms with van der Waals surface area (Å²) in [6.45, 7) is 4.22. The summed E-state index contributed by atoms with van der Waals surface area (Å²) in [6, 6.07) is 8.07. The molecule has 0 saturated carbocycles. The monoisotopic (exact) mass is 393 g/mol. The quantitative estimate of drug-likeness (QED) is 0.778. The van der Waals surface area contributed by atoms with Gasteiger partial charge < -0.3 is 18.9 Å². The molecule has 0 aliphatic carbocycles. The summed E-state index contributed by atoms with van der Waals surface area (Å²) in [6.07, 6.45) is 0.798. The number of fused-ring (bicyclic) bond motifs is 1. The molecular formula is C19H23NO6S. The zero-order chi connectivity index (χ0) is 19.6. The fraction of sp³-hybridized carbons (Fsp3) is 0.368. The van der Waals surface area contributed by atoms with Crippen LogP contribution in [0.3, 0.4) is 0 Å². The minimum atomic E-state index is -3.95. The molecule has 0 saturated heterocycles. The van der Waals surface area contributed by atoms with Crippen LogP contribution in [0.25, 0.3) is 0 Å². The van der Waals surface area contributed by atoms with Crippen LogP contribution < -0.4 is 23.7 Å². The Bertz CT molecular complexity index is 941. The van der Waals surface area contributed by atoms with Gasteiger partial charge in [0.1, 0.15) is 34.0 Å². The van der Waals surface area contributed by atoms with Gasteiger partial charge in [0.15, 0.2) is 0 Å². The van der Waals surface area contributed by atoms with E-state index >= 15 is 0 Å². The molecule has 1 aliphatic heterocycles. The first-order valence-electron chi connectivity index (χ1n) is 8.59. The first-order valence-corrected chi connectivity index (χ1v) is 10.1. The van der Waals surface area contributed by atoms with Crippen LogP contribution in [-0.4, -0.2) is 35.3 Å². The third-order valence-electron chi connectivity index (χ3n) is 4.20. The van der Waals surface area contributed by atoms with Crippen LogP contribution in [0.4, 0.5) is 5.69 Å². The van der Waals surface area contributed by atoms with Crippen molar-refractivity contribution < 1.29 is 27.4 Å². The van der Waals surface area contributed by atoms with E-state index in [2.05, 4.69) is 4.72 Å². The molecule has 2 aromatic carbocycles. The topological polar surface area (TPSA) is 83.1 Å². The molecule has 0 unspecified atom stereocenters. The van der Waals surface area contributed by atoms with E-state index in [4.69, 9.17) is 18.9 Å². The standard InChI is InChI=1S/C19H23NO6S/c1-5-25-18-9-13-8-12(2)26-17(13)11-15(18)20-27(21,22)19-10-14(23-3)6-7-16(19)24-4/h6-7,9-12,20H,5,8H2,1-4H3/t12-/m0/s1. The Morgan fingerprint density at radius 2 is 1.93 bits per heavy atom. The first-order chi connectivity index (χ1) is 12.9. The van der Waals surface area contributed by atoms with Crippen LogP contribution in [0.15, 0.2) is 35.2 Å². The molecule has 0 amide bonds. The molecule has 7 nitrogen and oxygen atoms in total. The van der Waals surface area contributed by atoms with Crippen molar-refractivity contribution in [1.29, 1.82) is 0 Å². The van der Waals surface area contributed by atoms with Gasteiger partial charge in [-0.15, -0.1) is 0 Å². The Hall–Kier alpha value is -2.61. The van der Waals surface area contributed by atoms with Crippen LogP contribution in [0.2, 0.25) is 0 Å². The maximum Gasteiger partial charge on any atom is 0.265 e. The van der Waals surface area contributed by atoms with Gasteiger partial charge in [0, 0.05) is 24.1 Å². The second-order valence-electron chi connectivity index (χ2n) is 6.14. The van der Waals surface area contributed by atoms with Crippen LogP contribution in [0, 0.1) is 0 Å². The Kier molecular flexibility index (Phi) is 5.36. The highest BCUT2D eigenvalue weighted by Gasteiger charge is 2.26. The number of methoxy groups -OCH3 is 2. The SMILES string of the molecule is CCOc1cc2c(cc1NS(=O)(=O)c1cc(OC)ccc1OC)O[C@@H](C)C2. The van der Waals surface area contributed by atoms with Crippen molar-refractivity contribution in [2.45, 2.75) is 31.3 Å². The second-order valence-corrected chi connectivity index (χ2v) is 7.79. The number of ether oxygens (including phenoxy) is 4. The highest BCUT2D eigenvalue weighted by atomic mass is 32.2. The molecule has 0 bridgehead atoms. The van der Waals surface area contributed by atoms with E-state index in [1.807, 2.05) is 19.9 Å². The number of anilines is 1. The normalized spacial score (nSPS) is 15.6. The Morgan fingerprint density at radius 3 is 2.59 bits per heavy atom. The van der Waals surface area contributed by atoms with Crippen molar-refractivity contribution in [2.24, 2.45) is 0 Å². The zero-order valence-electron chi connectivity index (χ0n) is 15.7. The van der Waals surface area contributed by atoms with E-state index < -0.39 is 10.0 Å². The van der Waals surface area contributed by atoms with Crippen molar-refractivity contribution >= 4 is 15.7 Å². The minimum Gasteiger partial charge on any atom is -0.497 e. The van der Waals surface area contributed by atoms with E-state index in [9.17, 15) is 8.42 Å². The van der Waals surface area contributed by atoms with Crippen molar-refractivity contribution in [3.63, 3.8) is 0 Å². The molecule has 0 radical (unpaired) electrons. The third kappa shape index (κ3) is 3.90. The Labute approximate surface area is 159 Å². The van der Waals surface area contributed by atoms with Gasteiger partial charge in [0.25, 0.3) is 10.0 Å². The van der Waals surface area contributed by atoms with Crippen LogP contribution in [-0.2, 0) is 16.4 Å². The van der Waals surface area contributed by atoms with Crippen LogP contribution >= 0.6 is 0 Å². The zero-order valence-corrected chi connectivity index (χ0v) is 16.6.